The molecule has 0 saturated carbocycles. The predicted octanol–water partition coefficient (Wildman–Crippen LogP) is 1.75. The molecule has 144 valence electrons. The quantitative estimate of drug-likeness (QED) is 0.327. The number of rotatable bonds is 8. The Bertz CT molecular complexity index is 992. The zero-order chi connectivity index (χ0) is 20.0. The SMILES string of the molecule is NC(C=O)(c1ccccc1)C(Nc1n[nH]c(=S)s1)C(=O)NCc1ccccn1. The van der Waals surface area contributed by atoms with Crippen LogP contribution in [-0.4, -0.2) is 33.4 Å². The minimum atomic E-state index is -1.62. The monoisotopic (exact) mass is 414 g/mol. The van der Waals surface area contributed by atoms with Crippen LogP contribution < -0.4 is 16.4 Å². The number of nitrogens with zero attached hydrogens (tertiary/aromatic N) is 2. The molecule has 2 heterocycles. The van der Waals surface area contributed by atoms with Crippen LogP contribution >= 0.6 is 23.6 Å². The molecule has 2 aromatic heterocycles. The fourth-order valence-corrected chi connectivity index (χ4v) is 3.45. The number of aromatic nitrogens is 3. The van der Waals surface area contributed by atoms with Crippen molar-refractivity contribution >= 4 is 40.9 Å². The van der Waals surface area contributed by atoms with E-state index >= 15 is 0 Å². The molecule has 0 aliphatic heterocycles. The topological polar surface area (TPSA) is 126 Å². The zero-order valence-corrected chi connectivity index (χ0v) is 16.3. The highest BCUT2D eigenvalue weighted by Gasteiger charge is 2.42. The van der Waals surface area contributed by atoms with Crippen LogP contribution in [0.3, 0.4) is 0 Å². The predicted molar refractivity (Wildman–Crippen MR) is 109 cm³/mol. The van der Waals surface area contributed by atoms with Crippen LogP contribution in [0.25, 0.3) is 0 Å². The number of anilines is 1. The number of pyridine rings is 1. The van der Waals surface area contributed by atoms with Crippen molar-refractivity contribution in [1.82, 2.24) is 20.5 Å². The van der Waals surface area contributed by atoms with Crippen molar-refractivity contribution in [2.24, 2.45) is 5.73 Å². The van der Waals surface area contributed by atoms with E-state index in [9.17, 15) is 9.59 Å². The number of nitrogens with two attached hydrogens (primary N) is 1. The Kier molecular flexibility index (Phi) is 6.24. The molecule has 0 aliphatic rings. The lowest BCUT2D eigenvalue weighted by molar-refractivity contribution is -0.126. The van der Waals surface area contributed by atoms with Crippen molar-refractivity contribution in [3.8, 4) is 0 Å². The summed E-state index contributed by atoms with van der Waals surface area (Å²) in [5.74, 6) is -0.467. The molecule has 0 bridgehead atoms. The summed E-state index contributed by atoms with van der Waals surface area (Å²) >= 11 is 6.18. The van der Waals surface area contributed by atoms with Crippen molar-refractivity contribution in [3.05, 3.63) is 69.9 Å². The second-order valence-electron chi connectivity index (χ2n) is 5.95. The summed E-state index contributed by atoms with van der Waals surface area (Å²) in [6.45, 7) is 0.192. The molecule has 0 spiro atoms. The number of aldehydes is 1. The molecule has 0 radical (unpaired) electrons. The maximum atomic E-state index is 13.0. The third-order valence-corrected chi connectivity index (χ3v) is 5.10. The van der Waals surface area contributed by atoms with E-state index in [-0.39, 0.29) is 6.54 Å². The molecule has 5 N–H and O–H groups in total. The van der Waals surface area contributed by atoms with Crippen LogP contribution in [0.2, 0.25) is 0 Å². The summed E-state index contributed by atoms with van der Waals surface area (Å²) in [7, 11) is 0. The molecule has 2 atom stereocenters. The number of nitrogens with one attached hydrogen (secondary N) is 3. The smallest absolute Gasteiger partial charge is 0.245 e. The second kappa shape index (κ2) is 8.83. The normalized spacial score (nSPS) is 13.9. The van der Waals surface area contributed by atoms with E-state index < -0.39 is 17.5 Å². The van der Waals surface area contributed by atoms with Gasteiger partial charge in [-0.3, -0.25) is 14.9 Å². The van der Waals surface area contributed by atoms with Crippen molar-refractivity contribution in [2.45, 2.75) is 18.1 Å². The van der Waals surface area contributed by atoms with E-state index in [1.54, 1.807) is 48.7 Å². The van der Waals surface area contributed by atoms with Crippen molar-refractivity contribution in [2.75, 3.05) is 5.32 Å². The van der Waals surface area contributed by atoms with E-state index in [4.69, 9.17) is 18.0 Å². The van der Waals surface area contributed by atoms with Crippen LogP contribution in [0.15, 0.2) is 54.7 Å². The zero-order valence-electron chi connectivity index (χ0n) is 14.7. The number of hydrogen-bond acceptors (Lipinski definition) is 8. The van der Waals surface area contributed by atoms with Crippen LogP contribution in [0, 0.1) is 3.95 Å². The van der Waals surface area contributed by atoms with Gasteiger partial charge in [0.2, 0.25) is 11.0 Å². The lowest BCUT2D eigenvalue weighted by Gasteiger charge is -2.32. The van der Waals surface area contributed by atoms with E-state index in [0.717, 1.165) is 11.3 Å². The third kappa shape index (κ3) is 4.47. The van der Waals surface area contributed by atoms with E-state index in [1.807, 2.05) is 6.07 Å². The van der Waals surface area contributed by atoms with Gasteiger partial charge in [0, 0.05) is 6.20 Å². The van der Waals surface area contributed by atoms with Gasteiger partial charge < -0.3 is 21.2 Å². The highest BCUT2D eigenvalue weighted by atomic mass is 32.1. The number of carbonyl (C=O) groups is 2. The number of benzene rings is 1. The van der Waals surface area contributed by atoms with E-state index in [1.165, 1.54) is 0 Å². The van der Waals surface area contributed by atoms with Gasteiger partial charge in [-0.25, -0.2) is 0 Å². The first kappa shape index (κ1) is 19.8. The molecule has 1 amide bonds. The van der Waals surface area contributed by atoms with Crippen LogP contribution in [0.4, 0.5) is 5.13 Å². The molecular weight excluding hydrogens is 396 g/mol. The average molecular weight is 415 g/mol. The summed E-state index contributed by atoms with van der Waals surface area (Å²) in [5.41, 5.74) is 5.97. The van der Waals surface area contributed by atoms with Gasteiger partial charge in [0.1, 0.15) is 17.9 Å². The molecule has 28 heavy (non-hydrogen) atoms. The van der Waals surface area contributed by atoms with Gasteiger partial charge >= 0.3 is 0 Å². The highest BCUT2D eigenvalue weighted by Crippen LogP contribution is 2.24. The molecule has 0 fully saturated rings. The first-order chi connectivity index (χ1) is 13.5. The minimum Gasteiger partial charge on any atom is -0.349 e. The van der Waals surface area contributed by atoms with Crippen molar-refractivity contribution in [3.63, 3.8) is 0 Å². The van der Waals surface area contributed by atoms with Crippen molar-refractivity contribution in [1.29, 1.82) is 0 Å². The first-order valence-electron chi connectivity index (χ1n) is 8.33. The third-order valence-electron chi connectivity index (χ3n) is 4.08. The average Bonchev–Trinajstić information content (AvgIpc) is 3.16. The minimum absolute atomic E-state index is 0.192. The molecular formula is C18H18N6O2S2. The van der Waals surface area contributed by atoms with Gasteiger partial charge in [-0.2, -0.15) is 0 Å². The Hall–Kier alpha value is -2.95. The fourth-order valence-electron chi connectivity index (χ4n) is 2.63. The maximum absolute atomic E-state index is 13.0. The van der Waals surface area contributed by atoms with Gasteiger partial charge in [0.05, 0.1) is 12.2 Å². The van der Waals surface area contributed by atoms with Gasteiger partial charge in [0.15, 0.2) is 3.95 Å². The van der Waals surface area contributed by atoms with Crippen LogP contribution in [0.5, 0.6) is 0 Å². The highest BCUT2D eigenvalue weighted by molar-refractivity contribution is 7.73. The van der Waals surface area contributed by atoms with Gasteiger partial charge in [-0.15, -0.1) is 5.10 Å². The standard InChI is InChI=1S/C18H18N6O2S2/c19-18(11-25,12-6-2-1-3-7-12)14(22-16-23-24-17(27)28-16)15(26)21-10-13-8-4-5-9-20-13/h1-9,11,14H,10,19H2,(H,21,26)(H,22,23)(H,24,27). The van der Waals surface area contributed by atoms with Crippen molar-refractivity contribution < 1.29 is 9.59 Å². The number of H-pyrrole nitrogens is 1. The van der Waals surface area contributed by atoms with Gasteiger partial charge in [-0.1, -0.05) is 47.7 Å². The first-order valence-corrected chi connectivity index (χ1v) is 9.56. The van der Waals surface area contributed by atoms with Crippen LogP contribution in [-0.2, 0) is 21.7 Å². The Balaban J connectivity index is 1.90. The molecule has 0 aliphatic carbocycles. The molecule has 1 aromatic carbocycles. The molecule has 8 nitrogen and oxygen atoms in total. The molecule has 3 rings (SSSR count). The second-order valence-corrected chi connectivity index (χ2v) is 7.62. The van der Waals surface area contributed by atoms with E-state index in [2.05, 4.69) is 25.8 Å². The molecule has 0 saturated heterocycles. The summed E-state index contributed by atoms with van der Waals surface area (Å²) in [4.78, 5) is 29.2. The van der Waals surface area contributed by atoms with E-state index in [0.29, 0.717) is 26.6 Å². The fraction of sp³-hybridized carbons (Fsp3) is 0.167. The summed E-state index contributed by atoms with van der Waals surface area (Å²) in [6, 6.07) is 13.0. The Morgan fingerprint density at radius 1 is 1.29 bits per heavy atom. The Morgan fingerprint density at radius 3 is 2.64 bits per heavy atom. The lowest BCUT2D eigenvalue weighted by Crippen LogP contribution is -2.59. The number of carbonyl (C=O) groups excluding carboxylic acids is 2. The number of amides is 1. The maximum Gasteiger partial charge on any atom is 0.245 e. The van der Waals surface area contributed by atoms with Crippen LogP contribution in [0.1, 0.15) is 11.3 Å². The molecule has 2 unspecified atom stereocenters. The van der Waals surface area contributed by atoms with Gasteiger partial charge in [0.25, 0.3) is 0 Å². The summed E-state index contributed by atoms with van der Waals surface area (Å²) in [6.07, 6.45) is 2.20. The van der Waals surface area contributed by atoms with Gasteiger partial charge in [-0.05, 0) is 29.9 Å². The molecule has 3 aromatic rings. The largest absolute Gasteiger partial charge is 0.349 e. The Labute approximate surface area is 170 Å². The molecule has 10 heteroatoms. The summed E-state index contributed by atoms with van der Waals surface area (Å²) in [5, 5.41) is 12.7. The Morgan fingerprint density at radius 2 is 2.04 bits per heavy atom. The lowest BCUT2D eigenvalue weighted by atomic mass is 9.84. The number of aromatic amines is 1. The number of hydrogen-bond donors (Lipinski definition) is 4. The summed E-state index contributed by atoms with van der Waals surface area (Å²) < 4.78 is 0.434.